The highest BCUT2D eigenvalue weighted by atomic mass is 32.1. The largest absolute Gasteiger partial charge is 0.387 e. The van der Waals surface area contributed by atoms with Gasteiger partial charge in [-0.25, -0.2) is 4.98 Å². The molecular formula is C24H23N3OS. The van der Waals surface area contributed by atoms with E-state index in [1.165, 1.54) is 4.88 Å². The average Bonchev–Trinajstić information content (AvgIpc) is 3.22. The molecule has 0 spiro atoms. The Kier molecular flexibility index (Phi) is 5.98. The van der Waals surface area contributed by atoms with E-state index in [4.69, 9.17) is 0 Å². The first-order chi connectivity index (χ1) is 14.2. The zero-order chi connectivity index (χ0) is 20.1. The molecule has 146 valence electrons. The van der Waals surface area contributed by atoms with Gasteiger partial charge in [0.25, 0.3) is 0 Å². The van der Waals surface area contributed by atoms with Crippen molar-refractivity contribution in [3.63, 3.8) is 0 Å². The smallest absolute Gasteiger partial charge is 0.126 e. The van der Waals surface area contributed by atoms with Gasteiger partial charge in [-0.1, -0.05) is 42.5 Å². The minimum absolute atomic E-state index is 0.210. The first-order valence-corrected chi connectivity index (χ1v) is 10.4. The first-order valence-electron chi connectivity index (χ1n) is 9.60. The van der Waals surface area contributed by atoms with E-state index in [0.29, 0.717) is 0 Å². The number of aryl methyl sites for hydroxylation is 1. The second-order valence-electron chi connectivity index (χ2n) is 6.92. The quantitative estimate of drug-likeness (QED) is 0.428. The minimum atomic E-state index is -0.704. The Hall–Kier alpha value is -3.02. The summed E-state index contributed by atoms with van der Waals surface area (Å²) in [5, 5.41) is 15.0. The fraction of sp³-hybridized carbons (Fsp3) is 0.167. The van der Waals surface area contributed by atoms with Crippen molar-refractivity contribution in [2.24, 2.45) is 0 Å². The maximum absolute atomic E-state index is 11.5. The lowest BCUT2D eigenvalue weighted by Crippen LogP contribution is -2.25. The van der Waals surface area contributed by atoms with Gasteiger partial charge in [-0.15, -0.1) is 11.3 Å². The molecule has 0 aliphatic heterocycles. The van der Waals surface area contributed by atoms with Gasteiger partial charge in [-0.3, -0.25) is 4.98 Å². The number of thiophene rings is 1. The predicted molar refractivity (Wildman–Crippen MR) is 118 cm³/mol. The topological polar surface area (TPSA) is 58.0 Å². The van der Waals surface area contributed by atoms with Crippen LogP contribution in [-0.4, -0.2) is 15.1 Å². The lowest BCUT2D eigenvalue weighted by Gasteiger charge is -2.32. The van der Waals surface area contributed by atoms with E-state index in [-0.39, 0.29) is 12.0 Å². The molecule has 5 heteroatoms. The normalized spacial score (nSPS) is 14.1. The summed E-state index contributed by atoms with van der Waals surface area (Å²) in [7, 11) is 0. The Morgan fingerprint density at radius 3 is 2.17 bits per heavy atom. The standard InChI is InChI=1S/C24H23N3OS/c1-17-13-14-20(29-17)24(28)22(19-11-5-7-15-25-19)23(18-9-3-2-4-10-18)27-21-12-6-8-16-26-21/h2-16,22-24,28H,1H3,(H,26,27). The van der Waals surface area contributed by atoms with Crippen molar-refractivity contribution >= 4 is 17.2 Å². The Balaban J connectivity index is 1.81. The minimum Gasteiger partial charge on any atom is -0.387 e. The molecule has 0 radical (unpaired) electrons. The Labute approximate surface area is 174 Å². The lowest BCUT2D eigenvalue weighted by atomic mass is 9.84. The number of aromatic nitrogens is 2. The summed E-state index contributed by atoms with van der Waals surface area (Å²) in [5.74, 6) is 0.468. The first kappa shape index (κ1) is 19.3. The fourth-order valence-electron chi connectivity index (χ4n) is 3.53. The highest BCUT2D eigenvalue weighted by Gasteiger charge is 2.34. The van der Waals surface area contributed by atoms with Gasteiger partial charge in [0.2, 0.25) is 0 Å². The molecule has 0 saturated carbocycles. The molecule has 3 heterocycles. The van der Waals surface area contributed by atoms with Gasteiger partial charge in [0.1, 0.15) is 5.82 Å². The van der Waals surface area contributed by atoms with E-state index in [1.807, 2.05) is 66.7 Å². The number of aliphatic hydroxyl groups excluding tert-OH is 1. The van der Waals surface area contributed by atoms with Gasteiger partial charge in [-0.2, -0.15) is 0 Å². The van der Waals surface area contributed by atoms with Crippen LogP contribution in [0.1, 0.15) is 39.1 Å². The van der Waals surface area contributed by atoms with Crippen LogP contribution in [0.3, 0.4) is 0 Å². The number of rotatable bonds is 7. The van der Waals surface area contributed by atoms with Gasteiger partial charge in [-0.05, 0) is 48.9 Å². The summed E-state index contributed by atoms with van der Waals surface area (Å²) in [5.41, 5.74) is 1.91. The second kappa shape index (κ2) is 8.99. The maximum Gasteiger partial charge on any atom is 0.126 e. The number of nitrogens with zero attached hydrogens (tertiary/aromatic N) is 2. The van der Waals surface area contributed by atoms with Crippen molar-refractivity contribution in [2.45, 2.75) is 25.0 Å². The molecule has 3 unspecified atom stereocenters. The van der Waals surface area contributed by atoms with Crippen LogP contribution in [0.4, 0.5) is 5.82 Å². The molecule has 3 atom stereocenters. The predicted octanol–water partition coefficient (Wildman–Crippen LogP) is 5.52. The van der Waals surface area contributed by atoms with Crippen molar-refractivity contribution in [3.8, 4) is 0 Å². The van der Waals surface area contributed by atoms with E-state index < -0.39 is 6.10 Å². The van der Waals surface area contributed by atoms with Crippen LogP contribution in [-0.2, 0) is 0 Å². The van der Waals surface area contributed by atoms with Gasteiger partial charge < -0.3 is 10.4 Å². The maximum atomic E-state index is 11.5. The van der Waals surface area contributed by atoms with Gasteiger partial charge >= 0.3 is 0 Å². The summed E-state index contributed by atoms with van der Waals surface area (Å²) in [6.45, 7) is 2.05. The third-order valence-corrected chi connectivity index (χ3v) is 5.98. The summed E-state index contributed by atoms with van der Waals surface area (Å²) in [6, 6.07) is 25.6. The number of anilines is 1. The van der Waals surface area contributed by atoms with Crippen LogP contribution in [0.2, 0.25) is 0 Å². The lowest BCUT2D eigenvalue weighted by molar-refractivity contribution is 0.137. The fourth-order valence-corrected chi connectivity index (χ4v) is 4.44. The zero-order valence-electron chi connectivity index (χ0n) is 16.1. The van der Waals surface area contributed by atoms with Crippen LogP contribution in [0, 0.1) is 6.92 Å². The number of nitrogens with one attached hydrogen (secondary N) is 1. The molecule has 0 aliphatic rings. The highest BCUT2D eigenvalue weighted by Crippen LogP contribution is 2.43. The monoisotopic (exact) mass is 401 g/mol. The molecule has 0 aliphatic carbocycles. The molecule has 0 saturated heterocycles. The number of hydrogen-bond donors (Lipinski definition) is 2. The van der Waals surface area contributed by atoms with Crippen molar-refractivity contribution in [2.75, 3.05) is 5.32 Å². The van der Waals surface area contributed by atoms with E-state index in [2.05, 4.69) is 34.3 Å². The van der Waals surface area contributed by atoms with E-state index in [1.54, 1.807) is 23.7 Å². The van der Waals surface area contributed by atoms with Crippen LogP contribution < -0.4 is 5.32 Å². The molecule has 4 aromatic rings. The van der Waals surface area contributed by atoms with Crippen LogP contribution in [0.15, 0.2) is 91.3 Å². The summed E-state index contributed by atoms with van der Waals surface area (Å²) in [6.07, 6.45) is 2.83. The number of pyridine rings is 2. The van der Waals surface area contributed by atoms with Crippen LogP contribution in [0.25, 0.3) is 0 Å². The van der Waals surface area contributed by atoms with Gasteiger partial charge in [0.15, 0.2) is 0 Å². The molecule has 0 fully saturated rings. The second-order valence-corrected chi connectivity index (χ2v) is 8.24. The Morgan fingerprint density at radius 1 is 0.828 bits per heavy atom. The van der Waals surface area contributed by atoms with Crippen molar-refractivity contribution in [3.05, 3.63) is 112 Å². The molecule has 4 nitrogen and oxygen atoms in total. The Morgan fingerprint density at radius 2 is 1.55 bits per heavy atom. The van der Waals surface area contributed by atoms with Crippen LogP contribution in [0.5, 0.6) is 0 Å². The molecule has 0 amide bonds. The van der Waals surface area contributed by atoms with E-state index >= 15 is 0 Å². The van der Waals surface area contributed by atoms with Gasteiger partial charge in [0, 0.05) is 27.8 Å². The summed E-state index contributed by atoms with van der Waals surface area (Å²) in [4.78, 5) is 11.2. The average molecular weight is 402 g/mol. The molecular weight excluding hydrogens is 378 g/mol. The van der Waals surface area contributed by atoms with Crippen molar-refractivity contribution < 1.29 is 5.11 Å². The third kappa shape index (κ3) is 4.53. The number of benzene rings is 1. The molecule has 3 aromatic heterocycles. The number of hydrogen-bond acceptors (Lipinski definition) is 5. The summed E-state index contributed by atoms with van der Waals surface area (Å²) < 4.78 is 0. The molecule has 29 heavy (non-hydrogen) atoms. The van der Waals surface area contributed by atoms with Crippen molar-refractivity contribution in [1.82, 2.24) is 9.97 Å². The Bertz CT molecular complexity index is 1020. The van der Waals surface area contributed by atoms with Gasteiger partial charge in [0.05, 0.1) is 18.1 Å². The third-order valence-electron chi connectivity index (χ3n) is 4.91. The highest BCUT2D eigenvalue weighted by molar-refractivity contribution is 7.12. The van der Waals surface area contributed by atoms with Crippen molar-refractivity contribution in [1.29, 1.82) is 0 Å². The van der Waals surface area contributed by atoms with E-state index in [0.717, 1.165) is 22.0 Å². The molecule has 2 N–H and O–H groups in total. The molecule has 1 aromatic carbocycles. The number of aliphatic hydroxyl groups is 1. The summed E-state index contributed by atoms with van der Waals surface area (Å²) >= 11 is 1.62. The zero-order valence-corrected chi connectivity index (χ0v) is 17.0. The van der Waals surface area contributed by atoms with Crippen LogP contribution >= 0.6 is 11.3 Å². The molecule has 0 bridgehead atoms. The van der Waals surface area contributed by atoms with E-state index in [9.17, 15) is 5.11 Å². The SMILES string of the molecule is Cc1ccc(C(O)C(c2ccccn2)C(Nc2ccccn2)c2ccccc2)s1. The molecule has 4 rings (SSSR count).